The summed E-state index contributed by atoms with van der Waals surface area (Å²) < 4.78 is 5.28. The number of rotatable bonds is 5. The van der Waals surface area contributed by atoms with E-state index in [-0.39, 0.29) is 5.92 Å². The molecule has 2 heterocycles. The van der Waals surface area contributed by atoms with Crippen molar-refractivity contribution in [1.82, 2.24) is 15.0 Å². The highest BCUT2D eigenvalue weighted by molar-refractivity contribution is 6.30. The van der Waals surface area contributed by atoms with E-state index < -0.39 is 5.97 Å². The summed E-state index contributed by atoms with van der Waals surface area (Å²) in [5, 5.41) is 13.7. The first-order valence-electron chi connectivity index (χ1n) is 7.65. The van der Waals surface area contributed by atoms with E-state index in [2.05, 4.69) is 15.0 Å². The van der Waals surface area contributed by atoms with Gasteiger partial charge in [-0.1, -0.05) is 28.9 Å². The van der Waals surface area contributed by atoms with Gasteiger partial charge in [-0.2, -0.15) is 4.98 Å². The maximum Gasteiger partial charge on any atom is 0.307 e. The second-order valence-corrected chi connectivity index (χ2v) is 6.19. The van der Waals surface area contributed by atoms with Crippen LogP contribution in [0.5, 0.6) is 0 Å². The number of carbonyl (C=O) groups is 1. The predicted octanol–water partition coefficient (Wildman–Crippen LogP) is 2.73. The van der Waals surface area contributed by atoms with Crippen molar-refractivity contribution < 1.29 is 14.4 Å². The lowest BCUT2D eigenvalue weighted by atomic mass is 9.98. The summed E-state index contributed by atoms with van der Waals surface area (Å²) in [7, 11) is 0. The van der Waals surface area contributed by atoms with Gasteiger partial charge in [-0.25, -0.2) is 0 Å². The average molecular weight is 336 g/mol. The van der Waals surface area contributed by atoms with Crippen LogP contribution in [0.1, 0.15) is 18.7 Å². The topological polar surface area (TPSA) is 79.5 Å². The Balaban J connectivity index is 1.58. The van der Waals surface area contributed by atoms with Crippen molar-refractivity contribution in [1.29, 1.82) is 0 Å². The molecule has 0 bridgehead atoms. The smallest absolute Gasteiger partial charge is 0.307 e. The Morgan fingerprint density at radius 1 is 1.48 bits per heavy atom. The summed E-state index contributed by atoms with van der Waals surface area (Å²) in [6, 6.07) is 7.30. The molecule has 1 saturated heterocycles. The Kier molecular flexibility index (Phi) is 4.93. The van der Waals surface area contributed by atoms with Gasteiger partial charge in [0.25, 0.3) is 0 Å². The molecule has 6 nitrogen and oxygen atoms in total. The molecule has 7 heteroatoms. The van der Waals surface area contributed by atoms with E-state index in [0.29, 0.717) is 29.7 Å². The van der Waals surface area contributed by atoms with Crippen molar-refractivity contribution in [3.8, 4) is 11.4 Å². The molecule has 3 rings (SSSR count). The van der Waals surface area contributed by atoms with Crippen LogP contribution in [-0.4, -0.2) is 45.8 Å². The van der Waals surface area contributed by atoms with E-state index in [9.17, 15) is 4.79 Å². The maximum atomic E-state index is 11.1. The first-order chi connectivity index (χ1) is 11.1. The minimum atomic E-state index is -0.712. The van der Waals surface area contributed by atoms with Crippen LogP contribution in [0.2, 0.25) is 5.02 Å². The number of carboxylic acids is 1. The fourth-order valence-corrected chi connectivity index (χ4v) is 3.01. The zero-order chi connectivity index (χ0) is 16.2. The van der Waals surface area contributed by atoms with Gasteiger partial charge in [0.1, 0.15) is 0 Å². The van der Waals surface area contributed by atoms with Gasteiger partial charge in [0.05, 0.1) is 5.92 Å². The minimum absolute atomic E-state index is 0.270. The van der Waals surface area contributed by atoms with Gasteiger partial charge in [0.15, 0.2) is 0 Å². The molecule has 0 aliphatic carbocycles. The molecule has 0 amide bonds. The molecule has 1 unspecified atom stereocenters. The summed E-state index contributed by atoms with van der Waals surface area (Å²) in [5.74, 6) is 0.0890. The molecule has 1 aliphatic rings. The number of nitrogens with zero attached hydrogens (tertiary/aromatic N) is 3. The highest BCUT2D eigenvalue weighted by Crippen LogP contribution is 2.21. The number of hydrogen-bond donors (Lipinski definition) is 1. The van der Waals surface area contributed by atoms with E-state index in [4.69, 9.17) is 21.2 Å². The van der Waals surface area contributed by atoms with E-state index in [1.807, 2.05) is 12.1 Å². The first-order valence-corrected chi connectivity index (χ1v) is 8.03. The van der Waals surface area contributed by atoms with Gasteiger partial charge < -0.3 is 14.5 Å². The van der Waals surface area contributed by atoms with Crippen LogP contribution < -0.4 is 0 Å². The number of aliphatic carboxylic acids is 1. The van der Waals surface area contributed by atoms with Gasteiger partial charge in [-0.15, -0.1) is 0 Å². The van der Waals surface area contributed by atoms with Crippen LogP contribution in [0, 0.1) is 5.92 Å². The van der Waals surface area contributed by atoms with Crippen LogP contribution in [0.15, 0.2) is 28.8 Å². The average Bonchev–Trinajstić information content (AvgIpc) is 3.02. The summed E-state index contributed by atoms with van der Waals surface area (Å²) in [6.45, 7) is 2.23. The third-order valence-corrected chi connectivity index (χ3v) is 4.28. The molecule has 1 aliphatic heterocycles. The van der Waals surface area contributed by atoms with Crippen molar-refractivity contribution in [2.24, 2.45) is 5.92 Å². The Labute approximate surface area is 139 Å². The van der Waals surface area contributed by atoms with E-state index in [0.717, 1.165) is 31.5 Å². The number of likely N-dealkylation sites (tertiary alicyclic amines) is 1. The van der Waals surface area contributed by atoms with Gasteiger partial charge in [-0.3, -0.25) is 4.79 Å². The molecular weight excluding hydrogens is 318 g/mol. The molecule has 1 aromatic carbocycles. The quantitative estimate of drug-likeness (QED) is 0.905. The standard InChI is InChI=1S/C16H18ClN3O3/c17-13-5-1-3-11(9-13)15-18-14(23-19-15)6-8-20-7-2-4-12(10-20)16(21)22/h1,3,5,9,12H,2,4,6-8,10H2,(H,21,22). The summed E-state index contributed by atoms with van der Waals surface area (Å²) >= 11 is 5.96. The zero-order valence-corrected chi connectivity index (χ0v) is 13.4. The maximum absolute atomic E-state index is 11.1. The number of piperidine rings is 1. The summed E-state index contributed by atoms with van der Waals surface area (Å²) in [4.78, 5) is 17.6. The van der Waals surface area contributed by atoms with E-state index in [1.54, 1.807) is 12.1 Å². The van der Waals surface area contributed by atoms with Gasteiger partial charge in [0, 0.05) is 30.1 Å². The second kappa shape index (κ2) is 7.10. The number of carboxylic acid groups (broad SMARTS) is 1. The van der Waals surface area contributed by atoms with Crippen LogP contribution in [0.3, 0.4) is 0 Å². The third kappa shape index (κ3) is 4.09. The predicted molar refractivity (Wildman–Crippen MR) is 85.2 cm³/mol. The minimum Gasteiger partial charge on any atom is -0.481 e. The van der Waals surface area contributed by atoms with Crippen LogP contribution in [0.4, 0.5) is 0 Å². The molecule has 0 radical (unpaired) electrons. The zero-order valence-electron chi connectivity index (χ0n) is 12.6. The highest BCUT2D eigenvalue weighted by Gasteiger charge is 2.25. The second-order valence-electron chi connectivity index (χ2n) is 5.75. The monoisotopic (exact) mass is 335 g/mol. The van der Waals surface area contributed by atoms with Crippen molar-refractivity contribution in [2.45, 2.75) is 19.3 Å². The molecule has 1 fully saturated rings. The largest absolute Gasteiger partial charge is 0.481 e. The summed E-state index contributed by atoms with van der Waals surface area (Å²) in [5.41, 5.74) is 0.816. The van der Waals surface area contributed by atoms with Crippen molar-refractivity contribution >= 4 is 17.6 Å². The fourth-order valence-electron chi connectivity index (χ4n) is 2.82. The number of aromatic nitrogens is 2. The van der Waals surface area contributed by atoms with Crippen molar-refractivity contribution in [3.05, 3.63) is 35.2 Å². The molecule has 0 spiro atoms. The van der Waals surface area contributed by atoms with Crippen LogP contribution in [0.25, 0.3) is 11.4 Å². The molecule has 1 N–H and O–H groups in total. The molecule has 23 heavy (non-hydrogen) atoms. The van der Waals surface area contributed by atoms with E-state index >= 15 is 0 Å². The molecule has 1 atom stereocenters. The molecule has 1 aromatic heterocycles. The summed E-state index contributed by atoms with van der Waals surface area (Å²) in [6.07, 6.45) is 2.28. The Hall–Kier alpha value is -1.92. The molecule has 2 aromatic rings. The van der Waals surface area contributed by atoms with Crippen LogP contribution >= 0.6 is 11.6 Å². The Morgan fingerprint density at radius 2 is 2.35 bits per heavy atom. The molecule has 0 saturated carbocycles. The van der Waals surface area contributed by atoms with E-state index in [1.165, 1.54) is 0 Å². The number of halogens is 1. The highest BCUT2D eigenvalue weighted by atomic mass is 35.5. The lowest BCUT2D eigenvalue weighted by Gasteiger charge is -2.30. The van der Waals surface area contributed by atoms with Crippen LogP contribution in [-0.2, 0) is 11.2 Å². The Morgan fingerprint density at radius 3 is 3.13 bits per heavy atom. The Bertz CT molecular complexity index is 689. The lowest BCUT2D eigenvalue weighted by Crippen LogP contribution is -2.39. The first kappa shape index (κ1) is 16.0. The van der Waals surface area contributed by atoms with Crippen molar-refractivity contribution in [2.75, 3.05) is 19.6 Å². The molecule has 122 valence electrons. The fraction of sp³-hybridized carbons (Fsp3) is 0.438. The van der Waals surface area contributed by atoms with Gasteiger partial charge in [0.2, 0.25) is 11.7 Å². The molecular formula is C16H18ClN3O3. The number of benzene rings is 1. The van der Waals surface area contributed by atoms with Crippen molar-refractivity contribution in [3.63, 3.8) is 0 Å². The normalized spacial score (nSPS) is 18.9. The third-order valence-electron chi connectivity index (χ3n) is 4.05. The van der Waals surface area contributed by atoms with Gasteiger partial charge >= 0.3 is 5.97 Å². The lowest BCUT2D eigenvalue weighted by molar-refractivity contribution is -0.143. The number of hydrogen-bond acceptors (Lipinski definition) is 5. The van der Waals surface area contributed by atoms with Gasteiger partial charge in [-0.05, 0) is 31.5 Å². The SMILES string of the molecule is O=C(O)C1CCCN(CCc2nc(-c3cccc(Cl)c3)no2)C1.